The number of carbonyl (C=O) groups is 7. The number of rotatable bonds is 18. The molecule has 400 valence electrons. The number of oxime groups is 1. The van der Waals surface area contributed by atoms with Crippen LogP contribution < -0.4 is 41.5 Å². The monoisotopic (exact) mass is 1070 g/mol. The number of nitrogen functional groups attached to an aromatic ring is 1. The fourth-order valence-corrected chi connectivity index (χ4v) is 8.30. The number of hydrogen-bond donors (Lipinski definition) is 5. The number of esters is 2. The number of aromatic nitrogens is 4. The van der Waals surface area contributed by atoms with Gasteiger partial charge in [0.25, 0.3) is 0 Å². The number of ketones is 1. The maximum atomic E-state index is 14.2. The molecule has 1 saturated heterocycles. The van der Waals surface area contributed by atoms with Crippen molar-refractivity contribution >= 4 is 87.4 Å². The zero-order chi connectivity index (χ0) is 54.8. The summed E-state index contributed by atoms with van der Waals surface area (Å²) in [6, 6.07) is 6.43. The van der Waals surface area contributed by atoms with Crippen LogP contribution in [-0.2, 0) is 63.2 Å². The van der Waals surface area contributed by atoms with E-state index in [-0.39, 0.29) is 60.8 Å². The molecule has 0 aliphatic carbocycles. The molecule has 24 nitrogen and oxygen atoms in total. The Balaban J connectivity index is 0.00000153. The number of Topliss-reactive ketones (excluding diaryl/α,β-unsaturated/α-hetero) is 1. The number of carboxylic acid groups (broad SMARTS) is 1. The summed E-state index contributed by atoms with van der Waals surface area (Å²) >= 11 is 2.18. The lowest BCUT2D eigenvalue weighted by Crippen LogP contribution is -2.62. The van der Waals surface area contributed by atoms with Crippen molar-refractivity contribution in [1.82, 2.24) is 29.6 Å². The summed E-state index contributed by atoms with van der Waals surface area (Å²) in [4.78, 5) is 100. The molecule has 0 radical (unpaired) electrons. The molecule has 73 heavy (non-hydrogen) atoms. The van der Waals surface area contributed by atoms with E-state index in [1.165, 1.54) is 30.5 Å². The highest BCUT2D eigenvalue weighted by Crippen LogP contribution is 2.46. The number of benzene rings is 1. The fourth-order valence-electron chi connectivity index (χ4n) is 6.47. The van der Waals surface area contributed by atoms with Crippen LogP contribution in [0.5, 0.6) is 5.75 Å². The Kier molecular flexibility index (Phi) is 19.2. The van der Waals surface area contributed by atoms with Gasteiger partial charge in [0.2, 0.25) is 23.5 Å². The van der Waals surface area contributed by atoms with Crippen LogP contribution >= 0.6 is 23.3 Å². The van der Waals surface area contributed by atoms with E-state index in [1.54, 1.807) is 103 Å². The Morgan fingerprint density at radius 1 is 0.973 bits per heavy atom. The number of nitrogens with two attached hydrogens (primary N) is 1. The molecule has 0 unspecified atom stereocenters. The van der Waals surface area contributed by atoms with Crippen molar-refractivity contribution in [2.75, 3.05) is 49.4 Å². The van der Waals surface area contributed by atoms with Gasteiger partial charge in [-0.15, -0.1) is 21.1 Å². The third-order valence-electron chi connectivity index (χ3n) is 9.85. The molecule has 0 saturated carbocycles. The van der Waals surface area contributed by atoms with Crippen molar-refractivity contribution in [3.63, 3.8) is 0 Å². The van der Waals surface area contributed by atoms with Gasteiger partial charge in [-0.2, -0.15) is 22.5 Å². The van der Waals surface area contributed by atoms with Crippen LogP contribution in [0.2, 0.25) is 0 Å². The summed E-state index contributed by atoms with van der Waals surface area (Å²) in [7, 11) is 4.97. The van der Waals surface area contributed by atoms with E-state index in [1.807, 2.05) is 0 Å². The molecule has 4 amide bonds. The first kappa shape index (κ1) is 58.4. The van der Waals surface area contributed by atoms with Gasteiger partial charge in [0.05, 0.1) is 25.4 Å². The van der Waals surface area contributed by atoms with Crippen molar-refractivity contribution < 1.29 is 80.3 Å². The second-order valence-corrected chi connectivity index (χ2v) is 20.3. The average molecular weight is 1070 g/mol. The zero-order valence-corrected chi connectivity index (χ0v) is 43.4. The summed E-state index contributed by atoms with van der Waals surface area (Å²) in [5.74, 6) is -5.31. The van der Waals surface area contributed by atoms with Crippen LogP contribution in [0.4, 0.5) is 39.4 Å². The average Bonchev–Trinajstić information content (AvgIpc) is 3.85. The highest BCUT2D eigenvalue weighted by atomic mass is 32.2. The lowest BCUT2D eigenvalue weighted by Gasteiger charge is -2.49. The molecule has 3 aromatic rings. The SMILES string of the molecule is CNc1c(NC(=O)NCCNC(=O)OC(C)(C)C)c[n+](CC2=C(C(=O)OCc3ccc(OC)cc3)N3C(=O)[C@@H](CC(=O)/C(=N\OC(C)(C)C(=O)OC(C)(C)C)c4nsc(N)n4)[C@H]3SC2)n1C.O=C([O-])C(F)(F)F. The lowest BCUT2D eigenvalue weighted by molar-refractivity contribution is -0.765. The topological polar surface area (TPSA) is 313 Å². The number of urea groups is 1. The number of alkyl halides is 3. The number of nitrogens with one attached hydrogen (secondary N) is 4. The highest BCUT2D eigenvalue weighted by molar-refractivity contribution is 8.00. The minimum atomic E-state index is -5.19. The number of thioether (sulfide) groups is 1. The van der Waals surface area contributed by atoms with Gasteiger partial charge in [0.15, 0.2) is 34.7 Å². The molecule has 1 fully saturated rings. The number of aliphatic carboxylic acids is 1. The molecule has 0 bridgehead atoms. The number of halogens is 3. The van der Waals surface area contributed by atoms with E-state index in [0.717, 1.165) is 11.5 Å². The molecule has 4 heterocycles. The third kappa shape index (κ3) is 16.4. The number of carboxylic acids is 1. The van der Waals surface area contributed by atoms with E-state index in [4.69, 9.17) is 39.4 Å². The van der Waals surface area contributed by atoms with Crippen LogP contribution in [0.3, 0.4) is 0 Å². The van der Waals surface area contributed by atoms with E-state index < -0.39 is 76.0 Å². The molecule has 29 heteroatoms. The van der Waals surface area contributed by atoms with Crippen molar-refractivity contribution in [3.8, 4) is 5.75 Å². The van der Waals surface area contributed by atoms with Crippen molar-refractivity contribution in [3.05, 3.63) is 53.1 Å². The molecule has 0 spiro atoms. The Morgan fingerprint density at radius 3 is 2.14 bits per heavy atom. The molecule has 1 aromatic carbocycles. The number of ether oxygens (including phenoxy) is 4. The van der Waals surface area contributed by atoms with Gasteiger partial charge < -0.3 is 55.4 Å². The van der Waals surface area contributed by atoms with E-state index in [2.05, 4.69) is 35.8 Å². The molecule has 2 aromatic heterocycles. The van der Waals surface area contributed by atoms with Gasteiger partial charge in [-0.1, -0.05) is 17.3 Å². The number of hydrogen-bond acceptors (Lipinski definition) is 20. The van der Waals surface area contributed by atoms with Crippen molar-refractivity contribution in [1.29, 1.82) is 0 Å². The second kappa shape index (κ2) is 24.0. The second-order valence-electron chi connectivity index (χ2n) is 18.4. The maximum Gasteiger partial charge on any atom is 0.430 e. The van der Waals surface area contributed by atoms with Crippen LogP contribution in [0.25, 0.3) is 0 Å². The Labute approximate surface area is 425 Å². The highest BCUT2D eigenvalue weighted by Gasteiger charge is 2.55. The van der Waals surface area contributed by atoms with Crippen molar-refractivity contribution in [2.24, 2.45) is 18.1 Å². The summed E-state index contributed by atoms with van der Waals surface area (Å²) < 4.78 is 60.9. The molecular weight excluding hydrogens is 1010 g/mol. The van der Waals surface area contributed by atoms with Gasteiger partial charge in [-0.25, -0.2) is 19.2 Å². The predicted molar refractivity (Wildman–Crippen MR) is 255 cm³/mol. The minimum absolute atomic E-state index is 0.0238. The molecule has 2 aliphatic rings. The molecule has 2 atom stereocenters. The summed E-state index contributed by atoms with van der Waals surface area (Å²) in [5.41, 5.74) is 4.01. The number of fused-ring (bicyclic) bond motifs is 1. The van der Waals surface area contributed by atoms with Gasteiger partial charge in [0, 0.05) is 49.4 Å². The predicted octanol–water partition coefficient (Wildman–Crippen LogP) is 2.77. The molecule has 6 N–H and O–H groups in total. The van der Waals surface area contributed by atoms with Gasteiger partial charge in [0.1, 0.15) is 35.2 Å². The number of amides is 4. The fraction of sp³-hybridized carbons (Fsp3) is 0.523. The number of β-lactam (4-membered cyclic amide) rings is 1. The largest absolute Gasteiger partial charge is 0.542 e. The van der Waals surface area contributed by atoms with Gasteiger partial charge >= 0.3 is 30.2 Å². The standard InChI is InChI=1S/C42H57N11O11S2.C2HF3O2/c1-40(2,3)62-36(57)42(7,8)64-49-29(31-48-37(43)66-50-31)28(54)18-26-33(55)53-30(35(56)61-21-23-12-14-25(60-11)15-13-23)24(22-65-34(26)53)19-52-20-27(32(44-9)51(52)10)47-38(58)45-16-17-46-39(59)63-41(4,5)6;3-2(4,5)1(6)7/h12-15,20,26,34H,16-19,21-22H2,1-11H3,(H5,43,45,46,47,48,50,58,59);(H,6,7)/b49-29+;/t26-,34-;/m1./s1. The molecule has 2 aliphatic heterocycles. The number of nitrogens with zero attached hydrogens (tertiary/aromatic N) is 6. The third-order valence-corrected chi connectivity index (χ3v) is 11.8. The summed E-state index contributed by atoms with van der Waals surface area (Å²) in [5, 5.41) is 23.4. The minimum Gasteiger partial charge on any atom is -0.542 e. The van der Waals surface area contributed by atoms with Crippen LogP contribution in [0, 0.1) is 5.92 Å². The smallest absolute Gasteiger partial charge is 0.430 e. The zero-order valence-electron chi connectivity index (χ0n) is 41.8. The summed E-state index contributed by atoms with van der Waals surface area (Å²) in [6.45, 7) is 13.4. The number of methoxy groups -OCH3 is 1. The van der Waals surface area contributed by atoms with E-state index >= 15 is 0 Å². The molecular formula is C44H58F3N11O13S2. The Hall–Kier alpha value is -7.17. The number of alkyl carbamates (subject to hydrolysis) is 1. The Morgan fingerprint density at radius 2 is 1.59 bits per heavy atom. The van der Waals surface area contributed by atoms with E-state index in [0.29, 0.717) is 28.4 Å². The number of carbonyl (C=O) groups excluding carboxylic acids is 7. The normalized spacial score (nSPS) is 15.9. The van der Waals surface area contributed by atoms with Crippen molar-refractivity contribution in [2.45, 2.75) is 103 Å². The van der Waals surface area contributed by atoms with Crippen LogP contribution in [0.1, 0.15) is 73.2 Å². The maximum absolute atomic E-state index is 14.2. The van der Waals surface area contributed by atoms with E-state index in [9.17, 15) is 41.9 Å². The van der Waals surface area contributed by atoms with Gasteiger partial charge in [-0.3, -0.25) is 19.8 Å². The molecule has 5 rings (SSSR count). The first-order chi connectivity index (χ1) is 33.8. The summed E-state index contributed by atoms with van der Waals surface area (Å²) in [6.07, 6.45) is -4.50. The Bertz CT molecular complexity index is 2610. The van der Waals surface area contributed by atoms with Crippen LogP contribution in [0.15, 0.2) is 46.9 Å². The first-order valence-electron chi connectivity index (χ1n) is 22.0. The van der Waals surface area contributed by atoms with Crippen LogP contribution in [-0.4, -0.2) is 128 Å². The number of anilines is 3. The first-order valence-corrected chi connectivity index (χ1v) is 23.8. The quantitative estimate of drug-likeness (QED) is 0.0233. The van der Waals surface area contributed by atoms with Gasteiger partial charge in [-0.05, 0) is 73.1 Å². The lowest BCUT2D eigenvalue weighted by atomic mass is 9.89.